The summed E-state index contributed by atoms with van der Waals surface area (Å²) < 4.78 is 0. The van der Waals surface area contributed by atoms with Gasteiger partial charge in [-0.15, -0.1) is 0 Å². The molecule has 0 spiro atoms. The summed E-state index contributed by atoms with van der Waals surface area (Å²) in [7, 11) is 0. The highest BCUT2D eigenvalue weighted by molar-refractivity contribution is 9.09. The second kappa shape index (κ2) is 11.1. The standard InChI is InChI=1S/C18H36BrN/c1-4-5-6-8-11-17(19)15-18(14-16(2)3)20-12-9-7-10-13-20/h16-18H,4-15H2,1-3H3. The number of nitrogens with zero attached hydrogens (tertiary/aromatic N) is 1. The van der Waals surface area contributed by atoms with E-state index in [4.69, 9.17) is 0 Å². The summed E-state index contributed by atoms with van der Waals surface area (Å²) in [6, 6.07) is 0.811. The summed E-state index contributed by atoms with van der Waals surface area (Å²) in [5, 5.41) is 0. The van der Waals surface area contributed by atoms with Gasteiger partial charge in [-0.2, -0.15) is 0 Å². The zero-order chi connectivity index (χ0) is 14.8. The highest BCUT2D eigenvalue weighted by Gasteiger charge is 2.23. The molecule has 1 aliphatic heterocycles. The van der Waals surface area contributed by atoms with E-state index >= 15 is 0 Å². The Morgan fingerprint density at radius 3 is 2.25 bits per heavy atom. The highest BCUT2D eigenvalue weighted by Crippen LogP contribution is 2.25. The summed E-state index contributed by atoms with van der Waals surface area (Å²) in [6.07, 6.45) is 13.9. The number of halogens is 1. The van der Waals surface area contributed by atoms with Gasteiger partial charge in [0.15, 0.2) is 0 Å². The van der Waals surface area contributed by atoms with Crippen molar-refractivity contribution < 1.29 is 0 Å². The molecule has 0 saturated carbocycles. The molecule has 0 bridgehead atoms. The van der Waals surface area contributed by atoms with Gasteiger partial charge in [0.2, 0.25) is 0 Å². The first-order valence-corrected chi connectivity index (χ1v) is 9.93. The lowest BCUT2D eigenvalue weighted by Gasteiger charge is -2.36. The lowest BCUT2D eigenvalue weighted by atomic mass is 9.95. The average Bonchev–Trinajstić information content (AvgIpc) is 2.43. The normalized spacial score (nSPS) is 20.2. The quantitative estimate of drug-likeness (QED) is 0.346. The molecule has 0 aromatic carbocycles. The second-order valence-electron chi connectivity index (χ2n) is 7.06. The maximum absolute atomic E-state index is 3.96. The third kappa shape index (κ3) is 8.02. The smallest absolute Gasteiger partial charge is 0.0160 e. The van der Waals surface area contributed by atoms with Crippen LogP contribution in [0.1, 0.15) is 85.0 Å². The van der Waals surface area contributed by atoms with Gasteiger partial charge in [0, 0.05) is 10.9 Å². The van der Waals surface area contributed by atoms with Crippen molar-refractivity contribution in [3.8, 4) is 0 Å². The van der Waals surface area contributed by atoms with Crippen LogP contribution in [-0.2, 0) is 0 Å². The summed E-state index contributed by atoms with van der Waals surface area (Å²) in [4.78, 5) is 3.51. The van der Waals surface area contributed by atoms with Crippen LogP contribution in [0, 0.1) is 5.92 Å². The van der Waals surface area contributed by atoms with Crippen molar-refractivity contribution in [2.75, 3.05) is 13.1 Å². The first-order valence-electron chi connectivity index (χ1n) is 9.01. The molecular formula is C18H36BrN. The van der Waals surface area contributed by atoms with Crippen molar-refractivity contribution in [2.45, 2.75) is 95.8 Å². The molecule has 0 radical (unpaired) electrons. The molecule has 0 amide bonds. The number of piperidine rings is 1. The molecule has 1 saturated heterocycles. The molecule has 2 unspecified atom stereocenters. The molecule has 1 rings (SSSR count). The summed E-state index contributed by atoms with van der Waals surface area (Å²) in [5.74, 6) is 0.821. The topological polar surface area (TPSA) is 3.24 Å². The fourth-order valence-corrected chi connectivity index (χ4v) is 4.18. The maximum Gasteiger partial charge on any atom is 0.0160 e. The van der Waals surface area contributed by atoms with E-state index in [1.165, 1.54) is 77.3 Å². The van der Waals surface area contributed by atoms with Gasteiger partial charge in [0.05, 0.1) is 0 Å². The number of likely N-dealkylation sites (tertiary alicyclic amines) is 1. The number of alkyl halides is 1. The monoisotopic (exact) mass is 345 g/mol. The van der Waals surface area contributed by atoms with Crippen LogP contribution in [0.5, 0.6) is 0 Å². The van der Waals surface area contributed by atoms with Crippen LogP contribution >= 0.6 is 15.9 Å². The summed E-state index contributed by atoms with van der Waals surface area (Å²) >= 11 is 3.96. The van der Waals surface area contributed by atoms with Crippen molar-refractivity contribution in [1.29, 1.82) is 0 Å². The largest absolute Gasteiger partial charge is 0.300 e. The van der Waals surface area contributed by atoms with Gasteiger partial charge < -0.3 is 4.90 Å². The minimum Gasteiger partial charge on any atom is -0.300 e. The van der Waals surface area contributed by atoms with Gasteiger partial charge in [-0.05, 0) is 51.1 Å². The van der Waals surface area contributed by atoms with Crippen molar-refractivity contribution in [2.24, 2.45) is 5.92 Å². The van der Waals surface area contributed by atoms with E-state index < -0.39 is 0 Å². The maximum atomic E-state index is 3.96. The Labute approximate surface area is 136 Å². The Bertz CT molecular complexity index is 223. The molecular weight excluding hydrogens is 310 g/mol. The van der Waals surface area contributed by atoms with Gasteiger partial charge in [-0.25, -0.2) is 0 Å². The number of rotatable bonds is 10. The molecule has 1 heterocycles. The van der Waals surface area contributed by atoms with Crippen molar-refractivity contribution in [3.63, 3.8) is 0 Å². The Hall–Kier alpha value is 0.440. The molecule has 2 heteroatoms. The van der Waals surface area contributed by atoms with Crippen LogP contribution in [0.2, 0.25) is 0 Å². The van der Waals surface area contributed by atoms with E-state index in [9.17, 15) is 0 Å². The predicted molar refractivity (Wildman–Crippen MR) is 94.8 cm³/mol. The summed E-state index contributed by atoms with van der Waals surface area (Å²) in [6.45, 7) is 9.73. The minimum atomic E-state index is 0.727. The van der Waals surface area contributed by atoms with E-state index in [0.29, 0.717) is 0 Å². The average molecular weight is 346 g/mol. The summed E-state index contributed by atoms with van der Waals surface area (Å²) in [5.41, 5.74) is 0. The van der Waals surface area contributed by atoms with Gasteiger partial charge in [0.25, 0.3) is 0 Å². The molecule has 120 valence electrons. The highest BCUT2D eigenvalue weighted by atomic mass is 79.9. The molecule has 20 heavy (non-hydrogen) atoms. The minimum absolute atomic E-state index is 0.727. The Kier molecular flexibility index (Phi) is 10.2. The van der Waals surface area contributed by atoms with Crippen molar-refractivity contribution in [3.05, 3.63) is 0 Å². The lowest BCUT2D eigenvalue weighted by molar-refractivity contribution is 0.136. The van der Waals surface area contributed by atoms with E-state index in [1.807, 2.05) is 0 Å². The zero-order valence-corrected chi connectivity index (χ0v) is 15.6. The van der Waals surface area contributed by atoms with Crippen molar-refractivity contribution in [1.82, 2.24) is 4.90 Å². The van der Waals surface area contributed by atoms with Crippen LogP contribution in [0.25, 0.3) is 0 Å². The third-order valence-corrected chi connectivity index (χ3v) is 5.38. The van der Waals surface area contributed by atoms with E-state index in [0.717, 1.165) is 16.8 Å². The third-order valence-electron chi connectivity index (χ3n) is 4.55. The van der Waals surface area contributed by atoms with Gasteiger partial charge in [-0.1, -0.05) is 68.8 Å². The van der Waals surface area contributed by atoms with E-state index in [-0.39, 0.29) is 0 Å². The number of unbranched alkanes of at least 4 members (excludes halogenated alkanes) is 3. The SMILES string of the molecule is CCCCCCC(Br)CC(CC(C)C)N1CCCCC1. The molecule has 0 aromatic rings. The predicted octanol–water partition coefficient (Wildman–Crippen LogP) is 6.01. The van der Waals surface area contributed by atoms with E-state index in [2.05, 4.69) is 41.6 Å². The van der Waals surface area contributed by atoms with Gasteiger partial charge in [0.1, 0.15) is 0 Å². The molecule has 0 aliphatic carbocycles. The molecule has 1 aliphatic rings. The van der Waals surface area contributed by atoms with Crippen LogP contribution < -0.4 is 0 Å². The molecule has 0 aromatic heterocycles. The molecule has 0 N–H and O–H groups in total. The zero-order valence-electron chi connectivity index (χ0n) is 14.0. The van der Waals surface area contributed by atoms with Crippen LogP contribution in [-0.4, -0.2) is 28.9 Å². The van der Waals surface area contributed by atoms with Gasteiger partial charge >= 0.3 is 0 Å². The van der Waals surface area contributed by atoms with Crippen LogP contribution in [0.3, 0.4) is 0 Å². The Morgan fingerprint density at radius 1 is 0.950 bits per heavy atom. The Balaban J connectivity index is 2.34. The second-order valence-corrected chi connectivity index (χ2v) is 8.36. The number of hydrogen-bond acceptors (Lipinski definition) is 1. The van der Waals surface area contributed by atoms with Gasteiger partial charge in [-0.3, -0.25) is 0 Å². The van der Waals surface area contributed by atoms with Crippen LogP contribution in [0.15, 0.2) is 0 Å². The Morgan fingerprint density at radius 2 is 1.65 bits per heavy atom. The first kappa shape index (κ1) is 18.5. The fraction of sp³-hybridized carbons (Fsp3) is 1.00. The fourth-order valence-electron chi connectivity index (χ4n) is 3.43. The number of hydrogen-bond donors (Lipinski definition) is 0. The lowest BCUT2D eigenvalue weighted by Crippen LogP contribution is -2.41. The van der Waals surface area contributed by atoms with Crippen molar-refractivity contribution >= 4 is 15.9 Å². The van der Waals surface area contributed by atoms with E-state index in [1.54, 1.807) is 0 Å². The molecule has 1 fully saturated rings. The first-order chi connectivity index (χ1) is 9.63. The molecule has 2 atom stereocenters. The van der Waals surface area contributed by atoms with Crippen LogP contribution in [0.4, 0.5) is 0 Å². The molecule has 1 nitrogen and oxygen atoms in total.